The number of halogens is 1. The molecule has 0 aliphatic heterocycles. The van der Waals surface area contributed by atoms with Gasteiger partial charge in [-0.05, 0) is 82.6 Å². The van der Waals surface area contributed by atoms with Crippen LogP contribution in [0.15, 0.2) is 41.1 Å². The Morgan fingerprint density at radius 2 is 2.06 bits per heavy atom. The van der Waals surface area contributed by atoms with E-state index in [1.807, 2.05) is 31.2 Å². The van der Waals surface area contributed by atoms with Crippen molar-refractivity contribution in [2.75, 3.05) is 0 Å². The Bertz CT molecular complexity index is 507. The third-order valence-electron chi connectivity index (χ3n) is 2.61. The van der Waals surface area contributed by atoms with Crippen LogP contribution in [0.5, 0.6) is 0 Å². The van der Waals surface area contributed by atoms with Crippen molar-refractivity contribution in [3.05, 3.63) is 55.8 Å². The quantitative estimate of drug-likeness (QED) is 0.816. The topological polar surface area (TPSA) is 29.1 Å². The SMILES string of the molecule is CC(Cc1ccsc1)NC(=O)c1ccc(I)cc1. The van der Waals surface area contributed by atoms with E-state index in [1.165, 1.54) is 5.56 Å². The standard InChI is InChI=1S/C14H14INOS/c1-10(8-11-6-7-18-9-11)16-14(17)12-2-4-13(15)5-3-12/h2-7,9-10H,8H2,1H3,(H,16,17). The van der Waals surface area contributed by atoms with Crippen LogP contribution < -0.4 is 5.32 Å². The van der Waals surface area contributed by atoms with E-state index in [2.05, 4.69) is 44.7 Å². The van der Waals surface area contributed by atoms with Gasteiger partial charge in [-0.15, -0.1) is 0 Å². The molecule has 1 unspecified atom stereocenters. The summed E-state index contributed by atoms with van der Waals surface area (Å²) in [6, 6.07) is 9.84. The molecule has 2 nitrogen and oxygen atoms in total. The predicted molar refractivity (Wildman–Crippen MR) is 84.1 cm³/mol. The van der Waals surface area contributed by atoms with Crippen LogP contribution >= 0.6 is 33.9 Å². The Morgan fingerprint density at radius 1 is 1.33 bits per heavy atom. The third kappa shape index (κ3) is 3.81. The van der Waals surface area contributed by atoms with E-state index in [1.54, 1.807) is 11.3 Å². The Hall–Kier alpha value is -0.880. The fourth-order valence-corrected chi connectivity index (χ4v) is 2.76. The normalized spacial score (nSPS) is 12.1. The molecular weight excluding hydrogens is 357 g/mol. The molecule has 1 aromatic heterocycles. The van der Waals surface area contributed by atoms with E-state index in [4.69, 9.17) is 0 Å². The maximum absolute atomic E-state index is 12.0. The minimum absolute atomic E-state index is 0.00544. The number of nitrogens with one attached hydrogen (secondary N) is 1. The van der Waals surface area contributed by atoms with Crippen molar-refractivity contribution >= 4 is 39.8 Å². The molecule has 94 valence electrons. The minimum Gasteiger partial charge on any atom is -0.349 e. The van der Waals surface area contributed by atoms with Crippen molar-refractivity contribution in [1.29, 1.82) is 0 Å². The average molecular weight is 371 g/mol. The highest BCUT2D eigenvalue weighted by Gasteiger charge is 2.10. The van der Waals surface area contributed by atoms with Crippen LogP contribution in [-0.4, -0.2) is 11.9 Å². The molecule has 4 heteroatoms. The van der Waals surface area contributed by atoms with Crippen LogP contribution in [0.2, 0.25) is 0 Å². The predicted octanol–water partition coefficient (Wildman–Crippen LogP) is 3.71. The first kappa shape index (κ1) is 13.5. The molecule has 0 bridgehead atoms. The van der Waals surface area contributed by atoms with E-state index in [0.29, 0.717) is 5.56 Å². The van der Waals surface area contributed by atoms with Gasteiger partial charge in [-0.1, -0.05) is 0 Å². The second kappa shape index (κ2) is 6.33. The Kier molecular flexibility index (Phi) is 4.77. The van der Waals surface area contributed by atoms with Crippen molar-refractivity contribution in [2.45, 2.75) is 19.4 Å². The Morgan fingerprint density at radius 3 is 2.67 bits per heavy atom. The molecule has 2 aromatic rings. The van der Waals surface area contributed by atoms with Crippen LogP contribution in [0.25, 0.3) is 0 Å². The lowest BCUT2D eigenvalue weighted by atomic mass is 10.1. The summed E-state index contributed by atoms with van der Waals surface area (Å²) in [5.74, 6) is -0.00544. The van der Waals surface area contributed by atoms with Crippen LogP contribution in [-0.2, 0) is 6.42 Å². The van der Waals surface area contributed by atoms with Crippen molar-refractivity contribution < 1.29 is 4.79 Å². The Labute approximate surface area is 125 Å². The van der Waals surface area contributed by atoms with E-state index >= 15 is 0 Å². The Balaban J connectivity index is 1.92. The molecular formula is C14H14INOS. The van der Waals surface area contributed by atoms with Gasteiger partial charge in [0.1, 0.15) is 0 Å². The van der Waals surface area contributed by atoms with Gasteiger partial charge in [-0.2, -0.15) is 11.3 Å². The smallest absolute Gasteiger partial charge is 0.251 e. The second-order valence-corrected chi connectivity index (χ2v) is 6.24. The molecule has 0 fully saturated rings. The highest BCUT2D eigenvalue weighted by molar-refractivity contribution is 14.1. The van der Waals surface area contributed by atoms with Gasteiger partial charge < -0.3 is 5.32 Å². The average Bonchev–Trinajstić information content (AvgIpc) is 2.82. The number of hydrogen-bond donors (Lipinski definition) is 1. The lowest BCUT2D eigenvalue weighted by Gasteiger charge is -2.13. The fraction of sp³-hybridized carbons (Fsp3) is 0.214. The summed E-state index contributed by atoms with van der Waals surface area (Å²) >= 11 is 3.91. The van der Waals surface area contributed by atoms with Crippen LogP contribution in [0.3, 0.4) is 0 Å². The molecule has 1 aromatic carbocycles. The first-order chi connectivity index (χ1) is 8.65. The molecule has 0 spiro atoms. The molecule has 0 saturated carbocycles. The highest BCUT2D eigenvalue weighted by Crippen LogP contribution is 2.10. The van der Waals surface area contributed by atoms with Gasteiger partial charge in [0.25, 0.3) is 5.91 Å². The van der Waals surface area contributed by atoms with E-state index in [0.717, 1.165) is 9.99 Å². The zero-order valence-electron chi connectivity index (χ0n) is 10.0. The molecule has 18 heavy (non-hydrogen) atoms. The first-order valence-corrected chi connectivity index (χ1v) is 7.75. The van der Waals surface area contributed by atoms with Crippen molar-refractivity contribution in [3.63, 3.8) is 0 Å². The molecule has 1 N–H and O–H groups in total. The molecule has 1 atom stereocenters. The number of carbonyl (C=O) groups excluding carboxylic acids is 1. The number of hydrogen-bond acceptors (Lipinski definition) is 2. The number of rotatable bonds is 4. The molecule has 1 amide bonds. The van der Waals surface area contributed by atoms with Gasteiger partial charge in [0.05, 0.1) is 0 Å². The van der Waals surface area contributed by atoms with Crippen molar-refractivity contribution in [3.8, 4) is 0 Å². The lowest BCUT2D eigenvalue weighted by Crippen LogP contribution is -2.33. The minimum atomic E-state index is -0.00544. The van der Waals surface area contributed by atoms with E-state index < -0.39 is 0 Å². The lowest BCUT2D eigenvalue weighted by molar-refractivity contribution is 0.0940. The maximum atomic E-state index is 12.0. The van der Waals surface area contributed by atoms with E-state index in [9.17, 15) is 4.79 Å². The summed E-state index contributed by atoms with van der Waals surface area (Å²) in [4.78, 5) is 12.0. The van der Waals surface area contributed by atoms with Gasteiger partial charge in [-0.25, -0.2) is 0 Å². The van der Waals surface area contributed by atoms with Gasteiger partial charge >= 0.3 is 0 Å². The molecule has 2 rings (SSSR count). The zero-order valence-corrected chi connectivity index (χ0v) is 13.0. The van der Waals surface area contributed by atoms with Gasteiger partial charge in [0, 0.05) is 15.2 Å². The monoisotopic (exact) mass is 371 g/mol. The summed E-state index contributed by atoms with van der Waals surface area (Å²) < 4.78 is 1.13. The summed E-state index contributed by atoms with van der Waals surface area (Å²) in [7, 11) is 0. The number of amides is 1. The van der Waals surface area contributed by atoms with Crippen LogP contribution in [0.1, 0.15) is 22.8 Å². The first-order valence-electron chi connectivity index (χ1n) is 5.72. The molecule has 0 aliphatic carbocycles. The molecule has 0 saturated heterocycles. The van der Waals surface area contributed by atoms with Crippen molar-refractivity contribution in [2.24, 2.45) is 0 Å². The number of thiophene rings is 1. The number of carbonyl (C=O) groups is 1. The van der Waals surface area contributed by atoms with Gasteiger partial charge in [-0.3, -0.25) is 4.79 Å². The molecule has 0 aliphatic rings. The van der Waals surface area contributed by atoms with Gasteiger partial charge in [0.15, 0.2) is 0 Å². The van der Waals surface area contributed by atoms with E-state index in [-0.39, 0.29) is 11.9 Å². The summed E-state index contributed by atoms with van der Waals surface area (Å²) in [6.45, 7) is 2.03. The maximum Gasteiger partial charge on any atom is 0.251 e. The number of benzene rings is 1. The second-order valence-electron chi connectivity index (χ2n) is 4.22. The molecule has 1 heterocycles. The largest absolute Gasteiger partial charge is 0.349 e. The highest BCUT2D eigenvalue weighted by atomic mass is 127. The summed E-state index contributed by atoms with van der Waals surface area (Å²) in [5, 5.41) is 7.19. The summed E-state index contributed by atoms with van der Waals surface area (Å²) in [6.07, 6.45) is 0.875. The zero-order chi connectivity index (χ0) is 13.0. The van der Waals surface area contributed by atoms with Crippen LogP contribution in [0, 0.1) is 3.57 Å². The summed E-state index contributed by atoms with van der Waals surface area (Å²) in [5.41, 5.74) is 1.99. The molecule has 0 radical (unpaired) electrons. The third-order valence-corrected chi connectivity index (χ3v) is 4.06. The fourth-order valence-electron chi connectivity index (χ4n) is 1.72. The van der Waals surface area contributed by atoms with Crippen LogP contribution in [0.4, 0.5) is 0 Å². The van der Waals surface area contributed by atoms with Crippen molar-refractivity contribution in [1.82, 2.24) is 5.32 Å². The van der Waals surface area contributed by atoms with Gasteiger partial charge in [0.2, 0.25) is 0 Å².